The fourth-order valence-electron chi connectivity index (χ4n) is 3.81. The summed E-state index contributed by atoms with van der Waals surface area (Å²) in [6, 6.07) is 15.5. The van der Waals surface area contributed by atoms with E-state index in [2.05, 4.69) is 19.9 Å². The summed E-state index contributed by atoms with van der Waals surface area (Å²) in [7, 11) is 1.65. The number of methoxy groups -OCH3 is 1. The van der Waals surface area contributed by atoms with Gasteiger partial charge in [0, 0.05) is 37.8 Å². The normalized spacial score (nSPS) is 14.8. The van der Waals surface area contributed by atoms with Crippen molar-refractivity contribution in [2.24, 2.45) is 0 Å². The molecule has 1 N–H and O–H groups in total. The van der Waals surface area contributed by atoms with Gasteiger partial charge in [-0.1, -0.05) is 30.3 Å². The van der Waals surface area contributed by atoms with Crippen molar-refractivity contribution in [3.63, 3.8) is 0 Å². The van der Waals surface area contributed by atoms with Crippen molar-refractivity contribution < 1.29 is 13.9 Å². The van der Waals surface area contributed by atoms with Crippen molar-refractivity contribution in [3.8, 4) is 17.1 Å². The largest absolute Gasteiger partial charge is 0.497 e. The van der Waals surface area contributed by atoms with Crippen molar-refractivity contribution in [2.45, 2.75) is 6.54 Å². The second kappa shape index (κ2) is 8.23. The van der Waals surface area contributed by atoms with Crippen LogP contribution in [0.25, 0.3) is 22.4 Å². The van der Waals surface area contributed by atoms with Crippen molar-refractivity contribution in [1.29, 1.82) is 0 Å². The first-order valence-corrected chi connectivity index (χ1v) is 10.2. The monoisotopic (exact) mass is 417 g/mol. The molecular weight excluding hydrogens is 394 g/mol. The Morgan fingerprint density at radius 3 is 2.71 bits per heavy atom. The number of oxazole rings is 1. The molecule has 31 heavy (non-hydrogen) atoms. The Morgan fingerprint density at radius 2 is 1.94 bits per heavy atom. The maximum Gasteiger partial charge on any atom is 0.309 e. The smallest absolute Gasteiger partial charge is 0.309 e. The van der Waals surface area contributed by atoms with E-state index in [9.17, 15) is 4.79 Å². The number of carbonyl (C=O) groups excluding carboxylic acids is 1. The molecule has 158 valence electrons. The molecule has 0 bridgehead atoms. The van der Waals surface area contributed by atoms with Gasteiger partial charge in [0.15, 0.2) is 5.76 Å². The number of aromatic amines is 1. The Bertz CT molecular complexity index is 1190. The predicted octanol–water partition coefficient (Wildman–Crippen LogP) is 3.18. The van der Waals surface area contributed by atoms with Crippen LogP contribution in [-0.2, 0) is 6.54 Å². The Morgan fingerprint density at radius 1 is 1.13 bits per heavy atom. The molecule has 8 nitrogen and oxygen atoms in total. The Balaban J connectivity index is 1.19. The topological polar surface area (TPSA) is 87.5 Å². The molecule has 2 aromatic heterocycles. The van der Waals surface area contributed by atoms with Crippen molar-refractivity contribution in [2.75, 3.05) is 33.3 Å². The van der Waals surface area contributed by atoms with E-state index in [1.165, 1.54) is 0 Å². The van der Waals surface area contributed by atoms with E-state index in [1.807, 2.05) is 48.5 Å². The standard InChI is InChI=1S/C23H23N5O3/c1-30-17-7-8-18-19(13-17)26-21(25-18)15-27-9-11-28(12-10-27)23(29)22-24-14-20(31-22)16-5-3-2-4-6-16/h2-8,13-14H,9-12,15H2,1H3,(H,25,26). The van der Waals surface area contributed by atoms with E-state index in [0.29, 0.717) is 25.4 Å². The summed E-state index contributed by atoms with van der Waals surface area (Å²) in [5.74, 6) is 2.28. The molecule has 4 aromatic rings. The molecule has 0 saturated carbocycles. The Hall–Kier alpha value is -3.65. The summed E-state index contributed by atoms with van der Waals surface area (Å²) in [6.07, 6.45) is 1.61. The van der Waals surface area contributed by atoms with Crippen molar-refractivity contribution in [3.05, 3.63) is 66.4 Å². The first kappa shape index (κ1) is 19.3. The minimum atomic E-state index is -0.169. The van der Waals surface area contributed by atoms with Crippen LogP contribution in [0.5, 0.6) is 5.75 Å². The van der Waals surface area contributed by atoms with E-state index >= 15 is 0 Å². The van der Waals surface area contributed by atoms with Gasteiger partial charge in [-0.15, -0.1) is 0 Å². The highest BCUT2D eigenvalue weighted by atomic mass is 16.5. The van der Waals surface area contributed by atoms with Crippen LogP contribution in [-0.4, -0.2) is 63.9 Å². The number of rotatable bonds is 5. The second-order valence-electron chi connectivity index (χ2n) is 7.53. The van der Waals surface area contributed by atoms with Gasteiger partial charge in [0.05, 0.1) is 30.9 Å². The van der Waals surface area contributed by atoms with E-state index in [-0.39, 0.29) is 11.8 Å². The summed E-state index contributed by atoms with van der Waals surface area (Å²) >= 11 is 0. The van der Waals surface area contributed by atoms with Gasteiger partial charge in [0.25, 0.3) is 5.89 Å². The molecule has 0 atom stereocenters. The molecule has 3 heterocycles. The zero-order chi connectivity index (χ0) is 21.2. The molecule has 1 amide bonds. The molecule has 8 heteroatoms. The van der Waals surface area contributed by atoms with E-state index in [1.54, 1.807) is 18.2 Å². The number of H-pyrrole nitrogens is 1. The minimum Gasteiger partial charge on any atom is -0.497 e. The van der Waals surface area contributed by atoms with Gasteiger partial charge in [-0.3, -0.25) is 9.69 Å². The molecule has 1 fully saturated rings. The maximum absolute atomic E-state index is 12.8. The fraction of sp³-hybridized carbons (Fsp3) is 0.261. The number of aromatic nitrogens is 3. The van der Waals surface area contributed by atoms with Crippen LogP contribution in [0.1, 0.15) is 16.5 Å². The number of amides is 1. The van der Waals surface area contributed by atoms with Gasteiger partial charge < -0.3 is 19.0 Å². The van der Waals surface area contributed by atoms with Gasteiger partial charge in [0.1, 0.15) is 11.6 Å². The number of piperazine rings is 1. The van der Waals surface area contributed by atoms with E-state index in [0.717, 1.165) is 41.3 Å². The molecule has 0 aliphatic carbocycles. The maximum atomic E-state index is 12.8. The Labute approximate surface area is 179 Å². The van der Waals surface area contributed by atoms with Gasteiger partial charge in [-0.05, 0) is 12.1 Å². The van der Waals surface area contributed by atoms with Crippen LogP contribution in [0.4, 0.5) is 0 Å². The number of hydrogen-bond donors (Lipinski definition) is 1. The fourth-order valence-corrected chi connectivity index (χ4v) is 3.81. The predicted molar refractivity (Wildman–Crippen MR) is 116 cm³/mol. The molecule has 1 saturated heterocycles. The number of benzene rings is 2. The molecule has 1 aliphatic heterocycles. The van der Waals surface area contributed by atoms with Crippen LogP contribution in [0.15, 0.2) is 59.1 Å². The summed E-state index contributed by atoms with van der Waals surface area (Å²) in [5.41, 5.74) is 2.78. The van der Waals surface area contributed by atoms with E-state index < -0.39 is 0 Å². The van der Waals surface area contributed by atoms with Crippen LogP contribution < -0.4 is 4.74 Å². The lowest BCUT2D eigenvalue weighted by Gasteiger charge is -2.33. The number of hydrogen-bond acceptors (Lipinski definition) is 6. The number of ether oxygens (including phenoxy) is 1. The summed E-state index contributed by atoms with van der Waals surface area (Å²) in [4.78, 5) is 29.1. The number of nitrogens with one attached hydrogen (secondary N) is 1. The highest BCUT2D eigenvalue weighted by Crippen LogP contribution is 2.22. The number of nitrogens with zero attached hydrogens (tertiary/aromatic N) is 4. The summed E-state index contributed by atoms with van der Waals surface area (Å²) < 4.78 is 11.0. The van der Waals surface area contributed by atoms with Gasteiger partial charge in [-0.25, -0.2) is 9.97 Å². The van der Waals surface area contributed by atoms with Crippen molar-refractivity contribution >= 4 is 16.9 Å². The lowest BCUT2D eigenvalue weighted by Crippen LogP contribution is -2.48. The average Bonchev–Trinajstić information content (AvgIpc) is 3.46. The summed E-state index contributed by atoms with van der Waals surface area (Å²) in [6.45, 7) is 3.47. The third-order valence-electron chi connectivity index (χ3n) is 5.52. The highest BCUT2D eigenvalue weighted by molar-refractivity contribution is 5.90. The lowest BCUT2D eigenvalue weighted by atomic mass is 10.2. The van der Waals surface area contributed by atoms with Crippen LogP contribution >= 0.6 is 0 Å². The first-order chi connectivity index (χ1) is 15.2. The number of imidazole rings is 1. The zero-order valence-corrected chi connectivity index (χ0v) is 17.2. The second-order valence-corrected chi connectivity index (χ2v) is 7.53. The molecule has 0 unspecified atom stereocenters. The van der Waals surface area contributed by atoms with Crippen LogP contribution in [0, 0.1) is 0 Å². The third-order valence-corrected chi connectivity index (χ3v) is 5.52. The van der Waals surface area contributed by atoms with Gasteiger partial charge in [0.2, 0.25) is 0 Å². The quantitative estimate of drug-likeness (QED) is 0.537. The molecule has 0 radical (unpaired) electrons. The van der Waals surface area contributed by atoms with E-state index in [4.69, 9.17) is 9.15 Å². The molecule has 5 rings (SSSR count). The van der Waals surface area contributed by atoms with Crippen LogP contribution in [0.3, 0.4) is 0 Å². The molecule has 2 aromatic carbocycles. The third kappa shape index (κ3) is 4.02. The number of fused-ring (bicyclic) bond motifs is 1. The first-order valence-electron chi connectivity index (χ1n) is 10.2. The zero-order valence-electron chi connectivity index (χ0n) is 17.2. The number of carbonyl (C=O) groups is 1. The van der Waals surface area contributed by atoms with Crippen LogP contribution in [0.2, 0.25) is 0 Å². The average molecular weight is 417 g/mol. The van der Waals surface area contributed by atoms with Gasteiger partial charge >= 0.3 is 5.91 Å². The molecule has 1 aliphatic rings. The van der Waals surface area contributed by atoms with Crippen molar-refractivity contribution in [1.82, 2.24) is 24.8 Å². The minimum absolute atomic E-state index is 0.138. The lowest BCUT2D eigenvalue weighted by molar-refractivity contribution is 0.0588. The van der Waals surface area contributed by atoms with Gasteiger partial charge in [-0.2, -0.15) is 0 Å². The molecule has 0 spiro atoms. The highest BCUT2D eigenvalue weighted by Gasteiger charge is 2.26. The SMILES string of the molecule is COc1ccc2nc(CN3CCN(C(=O)c4ncc(-c5ccccc5)o4)CC3)[nH]c2c1. The Kier molecular flexibility index (Phi) is 5.13. The summed E-state index contributed by atoms with van der Waals surface area (Å²) in [5, 5.41) is 0. The molecular formula is C23H23N5O3.